The number of aryl methyl sites for hydroxylation is 1. The molecule has 0 spiro atoms. The average molecular weight is 274 g/mol. The number of rotatable bonds is 3. The third-order valence-electron chi connectivity index (χ3n) is 2.41. The lowest BCUT2D eigenvalue weighted by atomic mass is 10.2. The number of hydrogen-bond acceptors (Lipinski definition) is 3. The van der Waals surface area contributed by atoms with E-state index in [-0.39, 0.29) is 12.2 Å². The molecule has 4 nitrogen and oxygen atoms in total. The summed E-state index contributed by atoms with van der Waals surface area (Å²) in [5, 5.41) is 6.70. The van der Waals surface area contributed by atoms with Gasteiger partial charge in [-0.1, -0.05) is 0 Å². The predicted octanol–water partition coefficient (Wildman–Crippen LogP) is 2.59. The van der Waals surface area contributed by atoms with Crippen LogP contribution < -0.4 is 5.32 Å². The zero-order chi connectivity index (χ0) is 14.0. The van der Waals surface area contributed by atoms with Crippen LogP contribution in [0.1, 0.15) is 11.3 Å². The van der Waals surface area contributed by atoms with Crippen LogP contribution in [0, 0.1) is 5.82 Å². The van der Waals surface area contributed by atoms with Crippen LogP contribution in [-0.4, -0.2) is 14.8 Å². The molecule has 0 amide bonds. The number of alkyl halides is 3. The van der Waals surface area contributed by atoms with E-state index in [1.54, 1.807) is 17.9 Å². The van der Waals surface area contributed by atoms with Gasteiger partial charge in [0.1, 0.15) is 5.82 Å². The fourth-order valence-corrected chi connectivity index (χ4v) is 1.45. The molecular weight excluding hydrogens is 264 g/mol. The van der Waals surface area contributed by atoms with Crippen molar-refractivity contribution in [1.29, 1.82) is 0 Å². The summed E-state index contributed by atoms with van der Waals surface area (Å²) in [7, 11) is 1.71. The second-order valence-corrected chi connectivity index (χ2v) is 3.91. The van der Waals surface area contributed by atoms with Crippen molar-refractivity contribution in [2.24, 2.45) is 7.05 Å². The smallest absolute Gasteiger partial charge is 0.377 e. The third-order valence-corrected chi connectivity index (χ3v) is 2.41. The Balaban J connectivity index is 2.09. The first-order chi connectivity index (χ1) is 8.86. The SMILES string of the molecule is Cn1cc(NCc2ncc(C(F)(F)F)cc2F)cn1. The Labute approximate surface area is 106 Å². The fraction of sp³-hybridized carbons (Fsp3) is 0.273. The lowest BCUT2D eigenvalue weighted by molar-refractivity contribution is -0.138. The van der Waals surface area contributed by atoms with Crippen molar-refractivity contribution in [3.63, 3.8) is 0 Å². The highest BCUT2D eigenvalue weighted by molar-refractivity contribution is 5.38. The van der Waals surface area contributed by atoms with Crippen LogP contribution in [0.3, 0.4) is 0 Å². The number of hydrogen-bond donors (Lipinski definition) is 1. The van der Waals surface area contributed by atoms with Gasteiger partial charge < -0.3 is 5.32 Å². The molecule has 0 aromatic carbocycles. The Hall–Kier alpha value is -2.12. The molecular formula is C11H10F4N4. The lowest BCUT2D eigenvalue weighted by Gasteiger charge is -2.08. The summed E-state index contributed by atoms with van der Waals surface area (Å²) in [4.78, 5) is 3.48. The maximum absolute atomic E-state index is 13.5. The topological polar surface area (TPSA) is 42.7 Å². The highest BCUT2D eigenvalue weighted by Gasteiger charge is 2.31. The van der Waals surface area contributed by atoms with Gasteiger partial charge in [0.2, 0.25) is 0 Å². The van der Waals surface area contributed by atoms with Crippen molar-refractivity contribution in [3.05, 3.63) is 41.7 Å². The van der Waals surface area contributed by atoms with E-state index < -0.39 is 17.6 Å². The van der Waals surface area contributed by atoms with Crippen molar-refractivity contribution in [2.45, 2.75) is 12.7 Å². The van der Waals surface area contributed by atoms with Gasteiger partial charge in [-0.2, -0.15) is 18.3 Å². The lowest BCUT2D eigenvalue weighted by Crippen LogP contribution is -2.10. The van der Waals surface area contributed by atoms with E-state index in [1.807, 2.05) is 0 Å². The molecule has 0 bridgehead atoms. The van der Waals surface area contributed by atoms with E-state index >= 15 is 0 Å². The number of anilines is 1. The van der Waals surface area contributed by atoms with Crippen molar-refractivity contribution in [2.75, 3.05) is 5.32 Å². The minimum atomic E-state index is -4.59. The van der Waals surface area contributed by atoms with Gasteiger partial charge in [0.15, 0.2) is 0 Å². The summed E-state index contributed by atoms with van der Waals surface area (Å²) >= 11 is 0. The van der Waals surface area contributed by atoms with Crippen LogP contribution in [0.2, 0.25) is 0 Å². The molecule has 0 fully saturated rings. The predicted molar refractivity (Wildman–Crippen MR) is 59.7 cm³/mol. The van der Waals surface area contributed by atoms with Gasteiger partial charge >= 0.3 is 6.18 Å². The molecule has 0 atom stereocenters. The molecule has 102 valence electrons. The molecule has 0 saturated heterocycles. The molecule has 2 aromatic rings. The number of pyridine rings is 1. The Morgan fingerprint density at radius 1 is 1.32 bits per heavy atom. The number of aromatic nitrogens is 3. The molecule has 8 heteroatoms. The largest absolute Gasteiger partial charge is 0.417 e. The molecule has 19 heavy (non-hydrogen) atoms. The summed E-state index contributed by atoms with van der Waals surface area (Å²) in [5.74, 6) is -0.994. The molecule has 1 N–H and O–H groups in total. The van der Waals surface area contributed by atoms with E-state index in [0.29, 0.717) is 18.0 Å². The highest BCUT2D eigenvalue weighted by Crippen LogP contribution is 2.29. The van der Waals surface area contributed by atoms with E-state index in [0.717, 1.165) is 0 Å². The van der Waals surface area contributed by atoms with E-state index in [2.05, 4.69) is 15.4 Å². The van der Waals surface area contributed by atoms with E-state index in [4.69, 9.17) is 0 Å². The summed E-state index contributed by atoms with van der Waals surface area (Å²) in [6.07, 6.45) is -0.809. The van der Waals surface area contributed by atoms with Gasteiger partial charge in [0.05, 0.1) is 29.7 Å². The number of nitrogens with zero attached hydrogens (tertiary/aromatic N) is 3. The summed E-state index contributed by atoms with van der Waals surface area (Å²) in [5.41, 5.74) is -0.560. The van der Waals surface area contributed by atoms with Crippen molar-refractivity contribution in [1.82, 2.24) is 14.8 Å². The summed E-state index contributed by atoms with van der Waals surface area (Å²) < 4.78 is 52.0. The first kappa shape index (κ1) is 13.3. The van der Waals surface area contributed by atoms with E-state index in [1.165, 1.54) is 6.20 Å². The highest BCUT2D eigenvalue weighted by atomic mass is 19.4. The molecule has 2 heterocycles. The number of nitrogens with one attached hydrogen (secondary N) is 1. The van der Waals surface area contributed by atoms with Crippen LogP contribution >= 0.6 is 0 Å². The molecule has 0 unspecified atom stereocenters. The first-order valence-electron chi connectivity index (χ1n) is 5.30. The second kappa shape index (κ2) is 4.87. The van der Waals surface area contributed by atoms with Gasteiger partial charge in [0.25, 0.3) is 0 Å². The fourth-order valence-electron chi connectivity index (χ4n) is 1.45. The zero-order valence-corrected chi connectivity index (χ0v) is 9.87. The minimum absolute atomic E-state index is 0.0182. The van der Waals surface area contributed by atoms with Gasteiger partial charge in [-0.05, 0) is 6.07 Å². The second-order valence-electron chi connectivity index (χ2n) is 3.91. The molecule has 0 aliphatic rings. The standard InChI is InChI=1S/C11H10F4N4/c1-19-6-8(4-18-19)16-5-10-9(12)2-7(3-17-10)11(13,14)15/h2-4,6,16H,5H2,1H3. The Morgan fingerprint density at radius 3 is 2.58 bits per heavy atom. The van der Waals surface area contributed by atoms with Gasteiger partial charge in [-0.25, -0.2) is 4.39 Å². The quantitative estimate of drug-likeness (QED) is 0.875. The molecule has 0 saturated carbocycles. The third kappa shape index (κ3) is 3.21. The Kier molecular flexibility index (Phi) is 3.41. The van der Waals surface area contributed by atoms with Gasteiger partial charge in [-0.3, -0.25) is 9.67 Å². The van der Waals surface area contributed by atoms with Crippen molar-refractivity contribution in [3.8, 4) is 0 Å². The maximum atomic E-state index is 13.5. The first-order valence-corrected chi connectivity index (χ1v) is 5.30. The molecule has 0 aliphatic carbocycles. The van der Waals surface area contributed by atoms with E-state index in [9.17, 15) is 17.6 Å². The van der Waals surface area contributed by atoms with Crippen LogP contribution in [0.4, 0.5) is 23.2 Å². The Morgan fingerprint density at radius 2 is 2.05 bits per heavy atom. The summed E-state index contributed by atoms with van der Waals surface area (Å²) in [6, 6.07) is 0.438. The molecule has 0 radical (unpaired) electrons. The van der Waals surface area contributed by atoms with Crippen molar-refractivity contribution >= 4 is 5.69 Å². The Bertz CT molecular complexity index is 576. The summed E-state index contributed by atoms with van der Waals surface area (Å²) in [6.45, 7) is -0.0182. The monoisotopic (exact) mass is 274 g/mol. The van der Waals surface area contributed by atoms with Gasteiger partial charge in [0, 0.05) is 19.4 Å². The van der Waals surface area contributed by atoms with Crippen LogP contribution in [-0.2, 0) is 19.8 Å². The molecule has 0 aliphatic heterocycles. The average Bonchev–Trinajstić information content (AvgIpc) is 2.72. The van der Waals surface area contributed by atoms with Crippen molar-refractivity contribution < 1.29 is 17.6 Å². The normalized spacial score (nSPS) is 11.6. The van der Waals surface area contributed by atoms with Crippen LogP contribution in [0.15, 0.2) is 24.7 Å². The zero-order valence-electron chi connectivity index (χ0n) is 9.87. The maximum Gasteiger partial charge on any atom is 0.417 e. The number of halogens is 4. The van der Waals surface area contributed by atoms with Crippen LogP contribution in [0.25, 0.3) is 0 Å². The minimum Gasteiger partial charge on any atom is -0.377 e. The molecule has 2 aromatic heterocycles. The molecule has 2 rings (SSSR count). The van der Waals surface area contributed by atoms with Gasteiger partial charge in [-0.15, -0.1) is 0 Å². The van der Waals surface area contributed by atoms with Crippen LogP contribution in [0.5, 0.6) is 0 Å².